The molecule has 0 radical (unpaired) electrons. The quantitative estimate of drug-likeness (QED) is 0.307. The summed E-state index contributed by atoms with van der Waals surface area (Å²) in [7, 11) is 3.15. The van der Waals surface area contributed by atoms with Gasteiger partial charge in [-0.3, -0.25) is 9.59 Å². The molecule has 1 heterocycles. The van der Waals surface area contributed by atoms with Crippen molar-refractivity contribution >= 4 is 57.6 Å². The highest BCUT2D eigenvalue weighted by atomic mass is 35.5. The molecular formula is C27H21Cl3N2O5. The molecule has 190 valence electrons. The minimum absolute atomic E-state index is 0.00628. The van der Waals surface area contributed by atoms with E-state index in [1.807, 2.05) is 0 Å². The third-order valence-corrected chi connectivity index (χ3v) is 6.85. The average Bonchev–Trinajstić information content (AvgIpc) is 2.86. The Balaban J connectivity index is 1.65. The van der Waals surface area contributed by atoms with Gasteiger partial charge in [0, 0.05) is 23.9 Å². The Morgan fingerprint density at radius 1 is 1.03 bits per heavy atom. The fourth-order valence-corrected chi connectivity index (χ4v) is 4.89. The minimum Gasteiger partial charge on any atom is -0.495 e. The van der Waals surface area contributed by atoms with Crippen LogP contribution in [0.2, 0.25) is 15.1 Å². The van der Waals surface area contributed by atoms with Crippen molar-refractivity contribution in [2.24, 2.45) is 7.05 Å². The summed E-state index contributed by atoms with van der Waals surface area (Å²) >= 11 is 18.3. The molecule has 1 atom stereocenters. The molecule has 0 aliphatic heterocycles. The number of rotatable bonds is 7. The number of pyridine rings is 1. The molecule has 1 amide bonds. The van der Waals surface area contributed by atoms with Gasteiger partial charge in [-0.2, -0.15) is 0 Å². The molecule has 0 spiro atoms. The maximum absolute atomic E-state index is 13.2. The van der Waals surface area contributed by atoms with Gasteiger partial charge in [0.2, 0.25) is 0 Å². The van der Waals surface area contributed by atoms with Gasteiger partial charge < -0.3 is 19.7 Å². The zero-order valence-corrected chi connectivity index (χ0v) is 22.0. The van der Waals surface area contributed by atoms with Gasteiger partial charge in [0.1, 0.15) is 11.8 Å². The van der Waals surface area contributed by atoms with E-state index in [9.17, 15) is 19.5 Å². The van der Waals surface area contributed by atoms with E-state index in [4.69, 9.17) is 39.5 Å². The van der Waals surface area contributed by atoms with E-state index in [1.54, 1.807) is 55.6 Å². The van der Waals surface area contributed by atoms with Gasteiger partial charge in [0.05, 0.1) is 33.8 Å². The number of hydrogen-bond donors (Lipinski definition) is 2. The first-order valence-corrected chi connectivity index (χ1v) is 12.2. The first kappa shape index (κ1) is 26.5. The van der Waals surface area contributed by atoms with E-state index < -0.39 is 17.9 Å². The lowest BCUT2D eigenvalue weighted by Gasteiger charge is -2.17. The number of methoxy groups -OCH3 is 1. The predicted octanol–water partition coefficient (Wildman–Crippen LogP) is 5.60. The molecule has 7 nitrogen and oxygen atoms in total. The number of fused-ring (bicyclic) bond motifs is 1. The lowest BCUT2D eigenvalue weighted by atomic mass is 9.99. The number of hydrogen-bond acceptors (Lipinski definition) is 4. The summed E-state index contributed by atoms with van der Waals surface area (Å²) in [6.07, 6.45) is -0.00804. The van der Waals surface area contributed by atoms with Crippen LogP contribution in [0.15, 0.2) is 65.5 Å². The van der Waals surface area contributed by atoms with Crippen molar-refractivity contribution in [1.29, 1.82) is 0 Å². The summed E-state index contributed by atoms with van der Waals surface area (Å²) in [4.78, 5) is 37.8. The van der Waals surface area contributed by atoms with Crippen LogP contribution in [0.5, 0.6) is 5.75 Å². The number of aliphatic carboxylic acids is 1. The molecule has 3 aromatic carbocycles. The summed E-state index contributed by atoms with van der Waals surface area (Å²) in [5.41, 5.74) is 1.98. The summed E-state index contributed by atoms with van der Waals surface area (Å²) in [6.45, 7) is 0. The number of carboxylic acid groups (broad SMARTS) is 1. The molecule has 0 bridgehead atoms. The van der Waals surface area contributed by atoms with Gasteiger partial charge in [0.25, 0.3) is 11.5 Å². The normalized spacial score (nSPS) is 11.8. The van der Waals surface area contributed by atoms with E-state index >= 15 is 0 Å². The number of aromatic nitrogens is 1. The van der Waals surface area contributed by atoms with Gasteiger partial charge in [0.15, 0.2) is 0 Å². The SMILES string of the molecule is COc1c(-c2ccc(CC(NC(=O)c3c(Cl)cccc3Cl)C(=O)O)cc2)c(=O)n(C)c2ccc(Cl)cc12. The topological polar surface area (TPSA) is 97.6 Å². The smallest absolute Gasteiger partial charge is 0.326 e. The van der Waals surface area contributed by atoms with Crippen molar-refractivity contribution in [2.75, 3.05) is 7.11 Å². The Morgan fingerprint density at radius 3 is 2.27 bits per heavy atom. The van der Waals surface area contributed by atoms with Crippen LogP contribution < -0.4 is 15.6 Å². The average molecular weight is 560 g/mol. The van der Waals surface area contributed by atoms with Crippen LogP contribution >= 0.6 is 34.8 Å². The second-order valence-electron chi connectivity index (χ2n) is 8.30. The number of carbonyl (C=O) groups excluding carboxylic acids is 1. The molecule has 4 aromatic rings. The number of halogens is 3. The van der Waals surface area contributed by atoms with Gasteiger partial charge in [-0.15, -0.1) is 0 Å². The number of nitrogens with zero attached hydrogens (tertiary/aromatic N) is 1. The fraction of sp³-hybridized carbons (Fsp3) is 0.148. The molecule has 0 saturated heterocycles. The number of aryl methyl sites for hydroxylation is 1. The molecule has 4 rings (SSSR count). The lowest BCUT2D eigenvalue weighted by molar-refractivity contribution is -0.139. The maximum atomic E-state index is 13.2. The zero-order valence-electron chi connectivity index (χ0n) is 19.7. The summed E-state index contributed by atoms with van der Waals surface area (Å²) in [6, 6.07) is 15.3. The van der Waals surface area contributed by atoms with E-state index in [1.165, 1.54) is 23.8 Å². The van der Waals surface area contributed by atoms with Gasteiger partial charge in [-0.25, -0.2) is 4.79 Å². The van der Waals surface area contributed by atoms with E-state index in [-0.39, 0.29) is 27.6 Å². The predicted molar refractivity (Wildman–Crippen MR) is 145 cm³/mol. The highest BCUT2D eigenvalue weighted by molar-refractivity contribution is 6.39. The van der Waals surface area contributed by atoms with Crippen LogP contribution in [0.1, 0.15) is 15.9 Å². The molecule has 0 saturated carbocycles. The summed E-state index contributed by atoms with van der Waals surface area (Å²) in [5.74, 6) is -1.52. The van der Waals surface area contributed by atoms with E-state index in [2.05, 4.69) is 5.32 Å². The van der Waals surface area contributed by atoms with Crippen molar-refractivity contribution < 1.29 is 19.4 Å². The van der Waals surface area contributed by atoms with Crippen LogP contribution in [0.3, 0.4) is 0 Å². The number of amides is 1. The Kier molecular flexibility index (Phi) is 7.78. The molecule has 10 heteroatoms. The third kappa shape index (κ3) is 5.30. The standard InChI is InChI=1S/C27H21Cl3N2O5/c1-32-21-11-10-16(28)13-17(21)24(37-2)22(26(32)34)15-8-6-14(7-9-15)12-20(27(35)36)31-25(33)23-18(29)4-3-5-19(23)30/h3-11,13,20H,12H2,1-2H3,(H,31,33)(H,35,36). The van der Waals surface area contributed by atoms with E-state index in [0.717, 1.165) is 0 Å². The van der Waals surface area contributed by atoms with Crippen LogP contribution in [0, 0.1) is 0 Å². The molecule has 0 aliphatic rings. The molecule has 1 unspecified atom stereocenters. The van der Waals surface area contributed by atoms with Gasteiger partial charge >= 0.3 is 5.97 Å². The molecule has 37 heavy (non-hydrogen) atoms. The van der Waals surface area contributed by atoms with Crippen LogP contribution in [0.25, 0.3) is 22.0 Å². The van der Waals surface area contributed by atoms with Crippen molar-refractivity contribution in [2.45, 2.75) is 12.5 Å². The third-order valence-electron chi connectivity index (χ3n) is 5.99. The lowest BCUT2D eigenvalue weighted by Crippen LogP contribution is -2.42. The molecule has 0 fully saturated rings. The largest absolute Gasteiger partial charge is 0.495 e. The number of carbonyl (C=O) groups is 2. The van der Waals surface area contributed by atoms with Crippen LogP contribution in [-0.4, -0.2) is 34.7 Å². The molecule has 0 aliphatic carbocycles. The Bertz CT molecular complexity index is 1560. The Hall–Kier alpha value is -3.52. The highest BCUT2D eigenvalue weighted by Crippen LogP contribution is 2.35. The second-order valence-corrected chi connectivity index (χ2v) is 9.55. The van der Waals surface area contributed by atoms with Crippen molar-refractivity contribution in [3.63, 3.8) is 0 Å². The fourth-order valence-electron chi connectivity index (χ4n) is 4.15. The number of carboxylic acids is 1. The van der Waals surface area contributed by atoms with Crippen molar-refractivity contribution in [1.82, 2.24) is 9.88 Å². The Morgan fingerprint density at radius 2 is 1.68 bits per heavy atom. The molecule has 2 N–H and O–H groups in total. The van der Waals surface area contributed by atoms with Gasteiger partial charge in [-0.05, 0) is 41.5 Å². The molecule has 1 aromatic heterocycles. The number of ether oxygens (including phenoxy) is 1. The highest BCUT2D eigenvalue weighted by Gasteiger charge is 2.24. The monoisotopic (exact) mass is 558 g/mol. The zero-order chi connectivity index (χ0) is 26.9. The van der Waals surface area contributed by atoms with Crippen molar-refractivity contribution in [3.8, 4) is 16.9 Å². The van der Waals surface area contributed by atoms with Crippen molar-refractivity contribution in [3.05, 3.63) is 97.2 Å². The van der Waals surface area contributed by atoms with E-state index in [0.29, 0.717) is 38.4 Å². The van der Waals surface area contributed by atoms with Gasteiger partial charge in [-0.1, -0.05) is 65.1 Å². The molecular weight excluding hydrogens is 539 g/mol. The first-order valence-electron chi connectivity index (χ1n) is 11.1. The number of benzene rings is 3. The summed E-state index contributed by atoms with van der Waals surface area (Å²) < 4.78 is 7.14. The van der Waals surface area contributed by atoms with Crippen LogP contribution in [-0.2, 0) is 18.3 Å². The Labute approximate surface area is 227 Å². The number of nitrogens with one attached hydrogen (secondary N) is 1. The maximum Gasteiger partial charge on any atom is 0.326 e. The van der Waals surface area contributed by atoms with Crippen LogP contribution in [0.4, 0.5) is 0 Å². The minimum atomic E-state index is -1.24. The summed E-state index contributed by atoms with van der Waals surface area (Å²) in [5, 5.41) is 13.6. The first-order chi connectivity index (χ1) is 17.6. The second kappa shape index (κ2) is 10.8.